The average Bonchev–Trinajstić information content (AvgIpc) is 3.17. The summed E-state index contributed by atoms with van der Waals surface area (Å²) in [7, 11) is 0. The summed E-state index contributed by atoms with van der Waals surface area (Å²) in [6.45, 7) is 10.9. The van der Waals surface area contributed by atoms with Crippen LogP contribution in [0.5, 0.6) is 5.75 Å². The zero-order valence-electron chi connectivity index (χ0n) is 23.5. The first kappa shape index (κ1) is 28.6. The lowest BCUT2D eigenvalue weighted by atomic mass is 9.85. The fraction of sp³-hybridized carbons (Fsp3) is 0.303. The van der Waals surface area contributed by atoms with Crippen molar-refractivity contribution in [3.63, 3.8) is 0 Å². The summed E-state index contributed by atoms with van der Waals surface area (Å²) in [4.78, 5) is 39.5. The monoisotopic (exact) mass is 541 g/mol. The Morgan fingerprint density at radius 3 is 2.17 bits per heavy atom. The number of ketones is 1. The molecule has 1 atom stereocenters. The second-order valence-corrected chi connectivity index (χ2v) is 11.5. The van der Waals surface area contributed by atoms with Gasteiger partial charge < -0.3 is 14.9 Å². The van der Waals surface area contributed by atoms with Crippen molar-refractivity contribution in [3.8, 4) is 5.75 Å². The molecule has 0 spiro atoms. The van der Waals surface area contributed by atoms with Gasteiger partial charge in [0.2, 0.25) is 0 Å². The van der Waals surface area contributed by atoms with E-state index in [2.05, 4.69) is 20.8 Å². The number of carbonyl (C=O) groups excluding carboxylic acids is 2. The maximum absolute atomic E-state index is 13.5. The van der Waals surface area contributed by atoms with E-state index in [4.69, 9.17) is 9.84 Å². The van der Waals surface area contributed by atoms with Crippen molar-refractivity contribution in [1.82, 2.24) is 0 Å². The predicted octanol–water partition coefficient (Wildman–Crippen LogP) is 6.27. The van der Waals surface area contributed by atoms with Gasteiger partial charge in [0, 0.05) is 11.3 Å². The molecule has 7 heteroatoms. The first-order valence-electron chi connectivity index (χ1n) is 13.3. The molecule has 0 aromatic heterocycles. The number of rotatable bonds is 8. The summed E-state index contributed by atoms with van der Waals surface area (Å²) in [6.07, 6.45) is -0.161. The lowest BCUT2D eigenvalue weighted by Crippen LogP contribution is -2.29. The van der Waals surface area contributed by atoms with E-state index in [1.54, 1.807) is 48.5 Å². The molecule has 208 valence electrons. The molecule has 0 radical (unpaired) electrons. The molecule has 1 saturated heterocycles. The third-order valence-electron chi connectivity index (χ3n) is 6.80. The Kier molecular flexibility index (Phi) is 8.14. The molecule has 0 aliphatic carbocycles. The highest BCUT2D eigenvalue weighted by Gasteiger charge is 2.47. The Labute approximate surface area is 234 Å². The highest BCUT2D eigenvalue weighted by atomic mass is 16.5. The van der Waals surface area contributed by atoms with Crippen LogP contribution in [0.2, 0.25) is 0 Å². The fourth-order valence-corrected chi connectivity index (χ4v) is 4.68. The number of aliphatic carboxylic acids is 1. The van der Waals surface area contributed by atoms with Crippen LogP contribution in [-0.2, 0) is 26.2 Å². The fourth-order valence-electron chi connectivity index (χ4n) is 4.68. The molecule has 1 fully saturated rings. The molecule has 40 heavy (non-hydrogen) atoms. The molecule has 3 aromatic rings. The number of benzene rings is 3. The van der Waals surface area contributed by atoms with Crippen LogP contribution in [0.1, 0.15) is 62.9 Å². The Balaban J connectivity index is 1.84. The highest BCUT2D eigenvalue weighted by molar-refractivity contribution is 6.51. The third kappa shape index (κ3) is 6.09. The molecule has 0 saturated carbocycles. The molecule has 1 amide bonds. The summed E-state index contributed by atoms with van der Waals surface area (Å²) >= 11 is 0. The van der Waals surface area contributed by atoms with Crippen molar-refractivity contribution in [2.75, 3.05) is 11.5 Å². The summed E-state index contributed by atoms with van der Waals surface area (Å²) in [5.41, 5.74) is 2.98. The summed E-state index contributed by atoms with van der Waals surface area (Å²) in [5.74, 6) is -1.97. The van der Waals surface area contributed by atoms with E-state index in [0.717, 1.165) is 5.56 Å². The number of carboxylic acids is 1. The van der Waals surface area contributed by atoms with Crippen molar-refractivity contribution in [2.24, 2.45) is 5.92 Å². The summed E-state index contributed by atoms with van der Waals surface area (Å²) < 4.78 is 5.82. The van der Waals surface area contributed by atoms with Gasteiger partial charge in [0.1, 0.15) is 11.5 Å². The van der Waals surface area contributed by atoms with Crippen molar-refractivity contribution >= 4 is 29.1 Å². The van der Waals surface area contributed by atoms with E-state index in [1.807, 2.05) is 38.1 Å². The Morgan fingerprint density at radius 1 is 0.950 bits per heavy atom. The summed E-state index contributed by atoms with van der Waals surface area (Å²) in [5, 5.41) is 20.6. The van der Waals surface area contributed by atoms with E-state index in [9.17, 15) is 19.5 Å². The minimum Gasteiger partial charge on any atom is -0.507 e. The SMILES string of the molecule is CC(C)COc1cccc(/C(O)=C2/C(=O)C(=O)N(c3ccc(CC(=O)O)cc3)C2c2ccc(C(C)(C)C)cc2)c1. The minimum atomic E-state index is -0.966. The molecule has 1 heterocycles. The van der Waals surface area contributed by atoms with Gasteiger partial charge in [0.25, 0.3) is 11.7 Å². The van der Waals surface area contributed by atoms with Crippen LogP contribution in [0.15, 0.2) is 78.4 Å². The van der Waals surface area contributed by atoms with Gasteiger partial charge in [-0.1, -0.05) is 83.1 Å². The molecular formula is C33H35NO6. The lowest BCUT2D eigenvalue weighted by molar-refractivity contribution is -0.136. The number of amides is 1. The van der Waals surface area contributed by atoms with E-state index >= 15 is 0 Å². The van der Waals surface area contributed by atoms with E-state index < -0.39 is 23.7 Å². The molecule has 1 unspecified atom stereocenters. The number of nitrogens with zero attached hydrogens (tertiary/aromatic N) is 1. The second kappa shape index (κ2) is 11.4. The standard InChI is InChI=1S/C33H35NO6/c1-20(2)19-40-26-8-6-7-23(18-26)30(37)28-29(22-11-13-24(14-12-22)33(3,4)5)34(32(39)31(28)38)25-15-9-21(10-16-25)17-27(35)36/h6-16,18,20,29,37H,17,19H2,1-5H3,(H,35,36)/b30-28-. The molecule has 4 rings (SSSR count). The van der Waals surface area contributed by atoms with Crippen molar-refractivity contribution < 1.29 is 29.3 Å². The van der Waals surface area contributed by atoms with Gasteiger partial charge >= 0.3 is 5.97 Å². The van der Waals surface area contributed by atoms with Gasteiger partial charge in [-0.2, -0.15) is 0 Å². The van der Waals surface area contributed by atoms with Crippen LogP contribution in [-0.4, -0.2) is 34.5 Å². The normalized spacial score (nSPS) is 16.9. The number of aliphatic hydroxyl groups is 1. The Morgan fingerprint density at radius 2 is 1.60 bits per heavy atom. The molecule has 0 bridgehead atoms. The Hall–Kier alpha value is -4.39. The van der Waals surface area contributed by atoms with Gasteiger partial charge in [0.05, 0.1) is 24.6 Å². The molecule has 1 aliphatic rings. The topological polar surface area (TPSA) is 104 Å². The van der Waals surface area contributed by atoms with Gasteiger partial charge in [-0.15, -0.1) is 0 Å². The van der Waals surface area contributed by atoms with Crippen LogP contribution in [0.3, 0.4) is 0 Å². The highest BCUT2D eigenvalue weighted by Crippen LogP contribution is 2.43. The van der Waals surface area contributed by atoms with Gasteiger partial charge in [-0.25, -0.2) is 0 Å². The second-order valence-electron chi connectivity index (χ2n) is 11.5. The predicted molar refractivity (Wildman–Crippen MR) is 154 cm³/mol. The number of aliphatic hydroxyl groups excluding tert-OH is 1. The number of hydrogen-bond donors (Lipinski definition) is 2. The van der Waals surface area contributed by atoms with E-state index in [0.29, 0.717) is 40.7 Å². The maximum Gasteiger partial charge on any atom is 0.307 e. The quantitative estimate of drug-likeness (QED) is 0.198. The number of carbonyl (C=O) groups is 3. The first-order valence-corrected chi connectivity index (χ1v) is 13.3. The van der Waals surface area contributed by atoms with Gasteiger partial charge in [-0.05, 0) is 52.3 Å². The minimum absolute atomic E-state index is 0.0240. The average molecular weight is 542 g/mol. The lowest BCUT2D eigenvalue weighted by Gasteiger charge is -2.27. The number of anilines is 1. The van der Waals surface area contributed by atoms with Crippen molar-refractivity contribution in [3.05, 3.63) is 101 Å². The molecular weight excluding hydrogens is 506 g/mol. The number of ether oxygens (including phenoxy) is 1. The van der Waals surface area contributed by atoms with Gasteiger partial charge in [-0.3, -0.25) is 19.3 Å². The zero-order valence-corrected chi connectivity index (χ0v) is 23.5. The van der Waals surface area contributed by atoms with Crippen molar-refractivity contribution in [2.45, 2.75) is 52.5 Å². The van der Waals surface area contributed by atoms with E-state index in [1.165, 1.54) is 4.90 Å². The molecule has 3 aromatic carbocycles. The zero-order chi connectivity index (χ0) is 29.2. The van der Waals surface area contributed by atoms with Crippen LogP contribution in [0.4, 0.5) is 5.69 Å². The third-order valence-corrected chi connectivity index (χ3v) is 6.80. The van der Waals surface area contributed by atoms with Crippen LogP contribution in [0.25, 0.3) is 5.76 Å². The van der Waals surface area contributed by atoms with E-state index in [-0.39, 0.29) is 23.2 Å². The number of Topliss-reactive ketones (excluding diaryl/α,β-unsaturated/α-hetero) is 1. The number of carboxylic acid groups (broad SMARTS) is 1. The Bertz CT molecular complexity index is 1450. The van der Waals surface area contributed by atoms with Gasteiger partial charge in [0.15, 0.2) is 0 Å². The van der Waals surface area contributed by atoms with Crippen LogP contribution in [0, 0.1) is 5.92 Å². The summed E-state index contributed by atoms with van der Waals surface area (Å²) in [6, 6.07) is 20.1. The van der Waals surface area contributed by atoms with Crippen LogP contribution < -0.4 is 9.64 Å². The largest absolute Gasteiger partial charge is 0.507 e. The molecule has 7 nitrogen and oxygen atoms in total. The molecule has 1 aliphatic heterocycles. The smallest absolute Gasteiger partial charge is 0.307 e. The first-order chi connectivity index (χ1) is 18.9. The molecule has 2 N–H and O–H groups in total. The van der Waals surface area contributed by atoms with Crippen molar-refractivity contribution in [1.29, 1.82) is 0 Å². The number of hydrogen-bond acceptors (Lipinski definition) is 5. The van der Waals surface area contributed by atoms with Crippen LogP contribution >= 0.6 is 0 Å². The maximum atomic E-state index is 13.5.